The molecule has 0 spiro atoms. The average molecular weight is 314 g/mol. The van der Waals surface area contributed by atoms with Crippen molar-refractivity contribution in [3.05, 3.63) is 23.2 Å². The van der Waals surface area contributed by atoms with Crippen LogP contribution in [0.25, 0.3) is 0 Å². The highest BCUT2D eigenvalue weighted by Crippen LogP contribution is 2.23. The smallest absolute Gasteiger partial charge is 0.225 e. The van der Waals surface area contributed by atoms with Gasteiger partial charge in [0.1, 0.15) is 0 Å². The number of halogens is 1. The first-order valence-electron chi connectivity index (χ1n) is 6.73. The molecule has 0 radical (unpaired) electrons. The Kier molecular flexibility index (Phi) is 5.57. The van der Waals surface area contributed by atoms with Crippen LogP contribution in [0.5, 0.6) is 0 Å². The second kappa shape index (κ2) is 7.20. The summed E-state index contributed by atoms with van der Waals surface area (Å²) in [7, 11) is 0. The topological polar surface area (TPSA) is 58.4 Å². The summed E-state index contributed by atoms with van der Waals surface area (Å²) in [5, 5.41) is 4.06. The maximum atomic E-state index is 11.9. The van der Waals surface area contributed by atoms with E-state index < -0.39 is 0 Å². The first-order valence-corrected chi connectivity index (χ1v) is 8.16. The third kappa shape index (κ3) is 4.58. The number of thioether (sulfide) groups is 1. The van der Waals surface area contributed by atoms with Crippen molar-refractivity contribution < 1.29 is 4.79 Å². The highest BCUT2D eigenvalue weighted by molar-refractivity contribution is 7.99. The molecule has 20 heavy (non-hydrogen) atoms. The molecule has 1 saturated heterocycles. The average Bonchev–Trinajstić information content (AvgIpc) is 2.40. The predicted octanol–water partition coefficient (Wildman–Crippen LogP) is 2.69. The summed E-state index contributed by atoms with van der Waals surface area (Å²) in [4.78, 5) is 14.3. The highest BCUT2D eigenvalue weighted by Gasteiger charge is 2.17. The zero-order chi connectivity index (χ0) is 14.5. The van der Waals surface area contributed by atoms with Gasteiger partial charge in [0.15, 0.2) is 0 Å². The quantitative estimate of drug-likeness (QED) is 0.839. The van der Waals surface area contributed by atoms with Crippen LogP contribution in [0, 0.1) is 0 Å². The van der Waals surface area contributed by atoms with E-state index >= 15 is 0 Å². The fourth-order valence-electron chi connectivity index (χ4n) is 2.21. The van der Waals surface area contributed by atoms with Gasteiger partial charge in [0.2, 0.25) is 5.91 Å². The van der Waals surface area contributed by atoms with Gasteiger partial charge in [-0.05, 0) is 18.2 Å². The van der Waals surface area contributed by atoms with Crippen LogP contribution in [0.3, 0.4) is 0 Å². The van der Waals surface area contributed by atoms with E-state index in [2.05, 4.69) is 17.1 Å². The van der Waals surface area contributed by atoms with Crippen LogP contribution in [0.15, 0.2) is 18.2 Å². The molecule has 1 atom stereocenters. The fourth-order valence-corrected chi connectivity index (χ4v) is 3.48. The van der Waals surface area contributed by atoms with Crippen LogP contribution < -0.4 is 11.1 Å². The van der Waals surface area contributed by atoms with Crippen LogP contribution in [0.4, 0.5) is 11.4 Å². The third-order valence-electron chi connectivity index (χ3n) is 3.27. The maximum absolute atomic E-state index is 11.9. The molecule has 1 amide bonds. The number of anilines is 2. The molecular formula is C14H20ClN3OS. The van der Waals surface area contributed by atoms with E-state index in [1.165, 1.54) is 0 Å². The number of nitrogens with zero attached hydrogens (tertiary/aromatic N) is 1. The summed E-state index contributed by atoms with van der Waals surface area (Å²) in [5.74, 6) is 1.14. The maximum Gasteiger partial charge on any atom is 0.225 e. The third-order valence-corrected chi connectivity index (χ3v) is 4.64. The molecule has 1 fully saturated rings. The van der Waals surface area contributed by atoms with Gasteiger partial charge in [0.25, 0.3) is 0 Å². The van der Waals surface area contributed by atoms with Gasteiger partial charge >= 0.3 is 0 Å². The molecule has 0 aromatic heterocycles. The van der Waals surface area contributed by atoms with Crippen molar-refractivity contribution in [1.29, 1.82) is 0 Å². The molecule has 3 N–H and O–H groups in total. The standard InChI is InChI=1S/C14H20ClN3OS/c1-10-9-18(6-7-20-10)5-4-14(19)17-13-3-2-11(15)8-12(13)16/h2-3,8,10H,4-7,9,16H2,1H3,(H,17,19). The molecular weight excluding hydrogens is 294 g/mol. The largest absolute Gasteiger partial charge is 0.397 e. The molecule has 4 nitrogen and oxygen atoms in total. The number of hydrogen-bond acceptors (Lipinski definition) is 4. The number of carbonyl (C=O) groups is 1. The Bertz CT molecular complexity index is 483. The van der Waals surface area contributed by atoms with Gasteiger partial charge in [-0.3, -0.25) is 4.79 Å². The first kappa shape index (κ1) is 15.5. The Hall–Kier alpha value is -0.910. The van der Waals surface area contributed by atoms with Gasteiger partial charge in [-0.1, -0.05) is 18.5 Å². The van der Waals surface area contributed by atoms with Gasteiger partial charge in [0, 0.05) is 42.1 Å². The molecule has 110 valence electrons. The Labute approximate surface area is 129 Å². The summed E-state index contributed by atoms with van der Waals surface area (Å²) < 4.78 is 0. The molecule has 0 aliphatic carbocycles. The minimum Gasteiger partial charge on any atom is -0.397 e. The van der Waals surface area contributed by atoms with Gasteiger partial charge < -0.3 is 16.0 Å². The van der Waals surface area contributed by atoms with Gasteiger partial charge in [-0.15, -0.1) is 0 Å². The lowest BCUT2D eigenvalue weighted by molar-refractivity contribution is -0.116. The Morgan fingerprint density at radius 1 is 1.60 bits per heavy atom. The van der Waals surface area contributed by atoms with Crippen LogP contribution in [0.1, 0.15) is 13.3 Å². The number of carbonyl (C=O) groups excluding carboxylic acids is 1. The fraction of sp³-hybridized carbons (Fsp3) is 0.500. The first-order chi connectivity index (χ1) is 9.54. The van der Waals surface area contributed by atoms with E-state index in [1.54, 1.807) is 18.2 Å². The molecule has 1 aromatic carbocycles. The van der Waals surface area contributed by atoms with Crippen molar-refractivity contribution in [3.8, 4) is 0 Å². The van der Waals surface area contributed by atoms with Crippen molar-refractivity contribution in [2.24, 2.45) is 0 Å². The summed E-state index contributed by atoms with van der Waals surface area (Å²) in [5.41, 5.74) is 6.94. The van der Waals surface area contributed by atoms with Gasteiger partial charge in [-0.2, -0.15) is 11.8 Å². The SMILES string of the molecule is CC1CN(CCC(=O)Nc2ccc(Cl)cc2N)CCS1. The van der Waals surface area contributed by atoms with E-state index in [0.717, 1.165) is 25.4 Å². The molecule has 1 unspecified atom stereocenters. The van der Waals surface area contributed by atoms with Crippen molar-refractivity contribution in [2.75, 3.05) is 36.4 Å². The monoisotopic (exact) mass is 313 g/mol. The van der Waals surface area contributed by atoms with Crippen molar-refractivity contribution in [3.63, 3.8) is 0 Å². The summed E-state index contributed by atoms with van der Waals surface area (Å²) in [6.45, 7) is 5.14. The molecule has 0 saturated carbocycles. The zero-order valence-corrected chi connectivity index (χ0v) is 13.1. The second-order valence-corrected chi connectivity index (χ2v) is 6.99. The van der Waals surface area contributed by atoms with Gasteiger partial charge in [-0.25, -0.2) is 0 Å². The Morgan fingerprint density at radius 2 is 2.40 bits per heavy atom. The minimum atomic E-state index is -0.00935. The van der Waals surface area contributed by atoms with Crippen molar-refractivity contribution >= 4 is 40.6 Å². The van der Waals surface area contributed by atoms with E-state index in [4.69, 9.17) is 17.3 Å². The lowest BCUT2D eigenvalue weighted by Crippen LogP contribution is -2.38. The molecule has 1 heterocycles. The van der Waals surface area contributed by atoms with E-state index in [9.17, 15) is 4.79 Å². The van der Waals surface area contributed by atoms with Crippen molar-refractivity contribution in [1.82, 2.24) is 4.90 Å². The number of hydrogen-bond donors (Lipinski definition) is 2. The molecule has 6 heteroatoms. The molecule has 2 rings (SSSR count). The highest BCUT2D eigenvalue weighted by atomic mass is 35.5. The molecule has 0 bridgehead atoms. The normalized spacial score (nSPS) is 19.8. The molecule has 1 aliphatic heterocycles. The number of nitrogen functional groups attached to an aromatic ring is 1. The summed E-state index contributed by atoms with van der Waals surface area (Å²) >= 11 is 7.82. The zero-order valence-electron chi connectivity index (χ0n) is 11.6. The van der Waals surface area contributed by atoms with E-state index in [1.807, 2.05) is 11.8 Å². The van der Waals surface area contributed by atoms with Gasteiger partial charge in [0.05, 0.1) is 11.4 Å². The number of nitrogens with one attached hydrogen (secondary N) is 1. The van der Waals surface area contributed by atoms with E-state index in [-0.39, 0.29) is 5.91 Å². The summed E-state index contributed by atoms with van der Waals surface area (Å²) in [6, 6.07) is 5.09. The number of nitrogens with two attached hydrogens (primary N) is 1. The lowest BCUT2D eigenvalue weighted by atomic mass is 10.2. The van der Waals surface area contributed by atoms with Crippen LogP contribution in [-0.4, -0.2) is 41.4 Å². The number of benzene rings is 1. The Morgan fingerprint density at radius 3 is 3.10 bits per heavy atom. The predicted molar refractivity (Wildman–Crippen MR) is 87.5 cm³/mol. The Balaban J connectivity index is 1.80. The van der Waals surface area contributed by atoms with Crippen molar-refractivity contribution in [2.45, 2.75) is 18.6 Å². The van der Waals surface area contributed by atoms with Crippen LogP contribution in [-0.2, 0) is 4.79 Å². The lowest BCUT2D eigenvalue weighted by Gasteiger charge is -2.30. The minimum absolute atomic E-state index is 0.00935. The number of rotatable bonds is 4. The second-order valence-electron chi connectivity index (χ2n) is 5.01. The summed E-state index contributed by atoms with van der Waals surface area (Å²) in [6.07, 6.45) is 0.486. The van der Waals surface area contributed by atoms with Crippen LogP contribution >= 0.6 is 23.4 Å². The number of amides is 1. The molecule has 1 aliphatic rings. The van der Waals surface area contributed by atoms with Crippen LogP contribution in [0.2, 0.25) is 5.02 Å². The molecule has 1 aromatic rings. The van der Waals surface area contributed by atoms with E-state index in [0.29, 0.717) is 28.1 Å².